The predicted octanol–water partition coefficient (Wildman–Crippen LogP) is 3.17. The maximum atomic E-state index is 13.5. The molecule has 6 heteroatoms. The SMILES string of the molecule is CCOC(OCC)[C@@H]1CCCN1C(=O)[C@@H]1CCCN1C(=O)CC1Cc2ccccc2C1. The molecule has 1 aromatic carbocycles. The van der Waals surface area contributed by atoms with Crippen molar-refractivity contribution in [3.05, 3.63) is 35.4 Å². The minimum absolute atomic E-state index is 0.0608. The van der Waals surface area contributed by atoms with Gasteiger partial charge in [0.15, 0.2) is 6.29 Å². The van der Waals surface area contributed by atoms with E-state index in [1.165, 1.54) is 11.1 Å². The zero-order valence-corrected chi connectivity index (χ0v) is 18.9. The number of carbonyl (C=O) groups is 2. The smallest absolute Gasteiger partial charge is 0.245 e. The lowest BCUT2D eigenvalue weighted by molar-refractivity contribution is -0.177. The Labute approximate surface area is 185 Å². The first-order chi connectivity index (χ1) is 15.1. The summed E-state index contributed by atoms with van der Waals surface area (Å²) in [6.45, 7) is 6.42. The van der Waals surface area contributed by atoms with Gasteiger partial charge in [0.25, 0.3) is 0 Å². The molecule has 0 N–H and O–H groups in total. The van der Waals surface area contributed by atoms with Gasteiger partial charge in [-0.15, -0.1) is 0 Å². The van der Waals surface area contributed by atoms with Crippen molar-refractivity contribution in [2.75, 3.05) is 26.3 Å². The van der Waals surface area contributed by atoms with Crippen molar-refractivity contribution < 1.29 is 19.1 Å². The van der Waals surface area contributed by atoms with E-state index in [1.54, 1.807) is 0 Å². The Kier molecular flexibility index (Phi) is 7.28. The minimum Gasteiger partial charge on any atom is -0.351 e. The number of ether oxygens (including phenoxy) is 2. The molecule has 0 aromatic heterocycles. The fourth-order valence-corrected chi connectivity index (χ4v) is 5.62. The molecule has 170 valence electrons. The second-order valence-corrected chi connectivity index (χ2v) is 9.01. The summed E-state index contributed by atoms with van der Waals surface area (Å²) in [4.78, 5) is 30.5. The second-order valence-electron chi connectivity index (χ2n) is 9.01. The standard InChI is InChI=1S/C25H36N2O4/c1-3-30-25(31-4-2)22-12-8-14-27(22)24(29)21-11-7-13-26(21)23(28)17-18-15-19-9-5-6-10-20(19)16-18/h5-6,9-10,18,21-22,25H,3-4,7-8,11-17H2,1-2H3/t21-,22-/m0/s1. The van der Waals surface area contributed by atoms with Crippen molar-refractivity contribution >= 4 is 11.8 Å². The summed E-state index contributed by atoms with van der Waals surface area (Å²) < 4.78 is 11.6. The summed E-state index contributed by atoms with van der Waals surface area (Å²) in [5.74, 6) is 0.559. The first-order valence-corrected chi connectivity index (χ1v) is 12.0. The van der Waals surface area contributed by atoms with Crippen LogP contribution in [0, 0.1) is 5.92 Å². The third-order valence-corrected chi connectivity index (χ3v) is 7.02. The minimum atomic E-state index is -0.385. The maximum Gasteiger partial charge on any atom is 0.245 e. The highest BCUT2D eigenvalue weighted by Crippen LogP contribution is 2.32. The molecule has 2 atom stereocenters. The van der Waals surface area contributed by atoms with Crippen molar-refractivity contribution in [3.8, 4) is 0 Å². The van der Waals surface area contributed by atoms with Crippen LogP contribution in [-0.2, 0) is 31.9 Å². The van der Waals surface area contributed by atoms with Crippen LogP contribution < -0.4 is 0 Å². The molecule has 4 rings (SSSR count). The van der Waals surface area contributed by atoms with E-state index >= 15 is 0 Å². The van der Waals surface area contributed by atoms with Gasteiger partial charge in [-0.25, -0.2) is 0 Å². The van der Waals surface area contributed by atoms with Crippen molar-refractivity contribution in [2.45, 2.75) is 77.2 Å². The molecule has 1 aliphatic carbocycles. The monoisotopic (exact) mass is 428 g/mol. The van der Waals surface area contributed by atoms with Crippen molar-refractivity contribution in [1.29, 1.82) is 0 Å². The van der Waals surface area contributed by atoms with Gasteiger partial charge in [-0.2, -0.15) is 0 Å². The van der Waals surface area contributed by atoms with E-state index in [0.717, 1.165) is 45.1 Å². The van der Waals surface area contributed by atoms with Crippen LogP contribution in [0.5, 0.6) is 0 Å². The van der Waals surface area contributed by atoms with Crippen LogP contribution in [0.4, 0.5) is 0 Å². The molecule has 3 aliphatic rings. The number of carbonyl (C=O) groups excluding carboxylic acids is 2. The quantitative estimate of drug-likeness (QED) is 0.597. The first-order valence-electron chi connectivity index (χ1n) is 12.0. The molecule has 0 bridgehead atoms. The highest BCUT2D eigenvalue weighted by molar-refractivity contribution is 5.88. The van der Waals surface area contributed by atoms with Crippen LogP contribution in [-0.4, -0.2) is 66.3 Å². The third kappa shape index (κ3) is 4.80. The summed E-state index contributed by atoms with van der Waals surface area (Å²) in [6, 6.07) is 8.09. The number of rotatable bonds is 8. The number of nitrogens with zero attached hydrogens (tertiary/aromatic N) is 2. The van der Waals surface area contributed by atoms with E-state index in [4.69, 9.17) is 9.47 Å². The Morgan fingerprint density at radius 1 is 0.968 bits per heavy atom. The summed E-state index contributed by atoms with van der Waals surface area (Å²) >= 11 is 0. The number of hydrogen-bond donors (Lipinski definition) is 0. The summed E-state index contributed by atoms with van der Waals surface area (Å²) in [6.07, 6.45) is 5.57. The lowest BCUT2D eigenvalue weighted by atomic mass is 10.0. The van der Waals surface area contributed by atoms with Gasteiger partial charge in [0.1, 0.15) is 6.04 Å². The van der Waals surface area contributed by atoms with Crippen LogP contribution in [0.1, 0.15) is 57.1 Å². The Bertz CT molecular complexity index is 752. The van der Waals surface area contributed by atoms with E-state index < -0.39 is 0 Å². The van der Waals surface area contributed by atoms with Crippen molar-refractivity contribution in [2.24, 2.45) is 5.92 Å². The second kappa shape index (κ2) is 10.1. The Balaban J connectivity index is 1.39. The van der Waals surface area contributed by atoms with Crippen LogP contribution >= 0.6 is 0 Å². The zero-order valence-electron chi connectivity index (χ0n) is 18.9. The molecular formula is C25H36N2O4. The fraction of sp³-hybridized carbons (Fsp3) is 0.680. The molecule has 1 aromatic rings. The van der Waals surface area contributed by atoms with E-state index in [9.17, 15) is 9.59 Å². The first kappa shape index (κ1) is 22.3. The molecule has 2 amide bonds. The molecular weight excluding hydrogens is 392 g/mol. The van der Waals surface area contributed by atoms with E-state index in [-0.39, 0.29) is 30.2 Å². The average molecular weight is 429 g/mol. The molecule has 2 fully saturated rings. The number of benzene rings is 1. The topological polar surface area (TPSA) is 59.1 Å². The molecule has 0 saturated carbocycles. The lowest BCUT2D eigenvalue weighted by Gasteiger charge is -2.35. The van der Waals surface area contributed by atoms with Gasteiger partial charge < -0.3 is 19.3 Å². The third-order valence-electron chi connectivity index (χ3n) is 7.02. The van der Waals surface area contributed by atoms with Gasteiger partial charge in [0.05, 0.1) is 6.04 Å². The molecule has 0 radical (unpaired) electrons. The van der Waals surface area contributed by atoms with Crippen molar-refractivity contribution in [1.82, 2.24) is 9.80 Å². The Morgan fingerprint density at radius 3 is 2.23 bits per heavy atom. The highest BCUT2D eigenvalue weighted by Gasteiger charge is 2.43. The van der Waals surface area contributed by atoms with Crippen LogP contribution in [0.2, 0.25) is 0 Å². The predicted molar refractivity (Wildman–Crippen MR) is 118 cm³/mol. The van der Waals surface area contributed by atoms with Gasteiger partial charge in [-0.3, -0.25) is 9.59 Å². The zero-order chi connectivity index (χ0) is 21.8. The Hall–Kier alpha value is -1.92. The average Bonchev–Trinajstić information content (AvgIpc) is 3.51. The van der Waals surface area contributed by atoms with E-state index in [0.29, 0.717) is 32.1 Å². The van der Waals surface area contributed by atoms with E-state index in [1.807, 2.05) is 23.6 Å². The normalized spacial score (nSPS) is 23.7. The van der Waals surface area contributed by atoms with Crippen molar-refractivity contribution in [3.63, 3.8) is 0 Å². The number of hydrogen-bond acceptors (Lipinski definition) is 4. The summed E-state index contributed by atoms with van der Waals surface area (Å²) in [5.41, 5.74) is 2.74. The number of amides is 2. The van der Waals surface area contributed by atoms with Gasteiger partial charge in [0.2, 0.25) is 11.8 Å². The molecule has 0 unspecified atom stereocenters. The van der Waals surface area contributed by atoms with Gasteiger partial charge in [0, 0.05) is 32.7 Å². The van der Waals surface area contributed by atoms with Gasteiger partial charge >= 0.3 is 0 Å². The molecule has 2 saturated heterocycles. The molecule has 0 spiro atoms. The van der Waals surface area contributed by atoms with Crippen LogP contribution in [0.3, 0.4) is 0 Å². The van der Waals surface area contributed by atoms with Gasteiger partial charge in [-0.05, 0) is 69.4 Å². The molecule has 2 heterocycles. The van der Waals surface area contributed by atoms with E-state index in [2.05, 4.69) is 24.3 Å². The molecule has 31 heavy (non-hydrogen) atoms. The van der Waals surface area contributed by atoms with Crippen LogP contribution in [0.25, 0.3) is 0 Å². The largest absolute Gasteiger partial charge is 0.351 e. The number of likely N-dealkylation sites (tertiary alicyclic amines) is 2. The molecule has 2 aliphatic heterocycles. The maximum absolute atomic E-state index is 13.5. The Morgan fingerprint density at radius 2 is 1.58 bits per heavy atom. The summed E-state index contributed by atoms with van der Waals surface area (Å²) in [5, 5.41) is 0. The number of fused-ring (bicyclic) bond motifs is 1. The lowest BCUT2D eigenvalue weighted by Crippen LogP contribution is -2.52. The molecule has 6 nitrogen and oxygen atoms in total. The highest BCUT2D eigenvalue weighted by atomic mass is 16.7. The van der Waals surface area contributed by atoms with Crippen LogP contribution in [0.15, 0.2) is 24.3 Å². The fourth-order valence-electron chi connectivity index (χ4n) is 5.62. The summed E-state index contributed by atoms with van der Waals surface area (Å²) in [7, 11) is 0. The van der Waals surface area contributed by atoms with Gasteiger partial charge in [-0.1, -0.05) is 24.3 Å².